The molecule has 0 aliphatic heterocycles. The highest BCUT2D eigenvalue weighted by Crippen LogP contribution is 2.28. The van der Waals surface area contributed by atoms with Crippen LogP contribution in [0.5, 0.6) is 0 Å². The van der Waals surface area contributed by atoms with Gasteiger partial charge in [-0.1, -0.05) is 37.9 Å². The highest BCUT2D eigenvalue weighted by Gasteiger charge is 2.21. The molecule has 0 aliphatic rings. The smallest absolute Gasteiger partial charge is 0.200 e. The molecule has 0 amide bonds. The molecule has 0 saturated heterocycles. The lowest BCUT2D eigenvalue weighted by molar-refractivity contribution is 0.103. The number of halogens is 4. The predicted molar refractivity (Wildman–Crippen MR) is 76.4 cm³/mol. The molecule has 2 aromatic rings. The number of carbonyl (C=O) groups is 1. The van der Waals surface area contributed by atoms with E-state index < -0.39 is 23.0 Å². The van der Waals surface area contributed by atoms with Gasteiger partial charge in [0, 0.05) is 14.5 Å². The van der Waals surface area contributed by atoms with Crippen LogP contribution < -0.4 is 0 Å². The number of rotatable bonds is 2. The Bertz CT molecular complexity index is 648. The van der Waals surface area contributed by atoms with E-state index in [9.17, 15) is 13.6 Å². The van der Waals surface area contributed by atoms with Crippen molar-refractivity contribution in [2.45, 2.75) is 6.92 Å². The van der Waals surface area contributed by atoms with Crippen molar-refractivity contribution in [2.24, 2.45) is 0 Å². The molecule has 0 N–H and O–H groups in total. The van der Waals surface area contributed by atoms with Crippen molar-refractivity contribution in [3.8, 4) is 0 Å². The number of benzene rings is 2. The van der Waals surface area contributed by atoms with E-state index in [4.69, 9.17) is 0 Å². The van der Waals surface area contributed by atoms with Crippen molar-refractivity contribution in [1.82, 2.24) is 0 Å². The second kappa shape index (κ2) is 5.51. The van der Waals surface area contributed by atoms with Gasteiger partial charge in [0.2, 0.25) is 0 Å². The van der Waals surface area contributed by atoms with Crippen LogP contribution in [0.25, 0.3) is 0 Å². The average molecular weight is 390 g/mol. The van der Waals surface area contributed by atoms with Gasteiger partial charge in [-0.3, -0.25) is 4.79 Å². The Morgan fingerprint density at radius 2 is 1.63 bits per heavy atom. The Balaban J connectivity index is 2.60. The fraction of sp³-hybridized carbons (Fsp3) is 0.0714. The first-order chi connectivity index (χ1) is 8.91. The van der Waals surface area contributed by atoms with E-state index >= 15 is 0 Å². The summed E-state index contributed by atoms with van der Waals surface area (Å²) in [5.74, 6) is -2.43. The van der Waals surface area contributed by atoms with Crippen molar-refractivity contribution >= 4 is 37.6 Å². The van der Waals surface area contributed by atoms with E-state index in [1.807, 2.05) is 6.92 Å². The predicted octanol–water partition coefficient (Wildman–Crippen LogP) is 5.03. The third-order valence-corrected chi connectivity index (χ3v) is 4.19. The maximum absolute atomic E-state index is 13.6. The van der Waals surface area contributed by atoms with Gasteiger partial charge < -0.3 is 0 Å². The second-order valence-corrected chi connectivity index (χ2v) is 5.72. The highest BCUT2D eigenvalue weighted by atomic mass is 79.9. The molecule has 0 atom stereocenters. The standard InChI is InChI=1S/C14H8Br2F2O/c1-7-5-10(16)8(6-9(7)15)14(19)13-11(17)3-2-4-12(13)18/h2-6H,1H3. The summed E-state index contributed by atoms with van der Waals surface area (Å²) in [4.78, 5) is 12.2. The molecule has 0 saturated carbocycles. The van der Waals surface area contributed by atoms with E-state index in [0.717, 1.165) is 17.7 Å². The number of aryl methyl sites for hydroxylation is 1. The molecule has 0 fully saturated rings. The first-order valence-corrected chi connectivity index (χ1v) is 6.94. The molecule has 5 heteroatoms. The number of carbonyl (C=O) groups excluding carboxylic acids is 1. The summed E-state index contributed by atoms with van der Waals surface area (Å²) in [5, 5.41) is 0. The number of hydrogen-bond acceptors (Lipinski definition) is 1. The topological polar surface area (TPSA) is 17.1 Å². The summed E-state index contributed by atoms with van der Waals surface area (Å²) >= 11 is 6.54. The van der Waals surface area contributed by atoms with Gasteiger partial charge in [-0.05, 0) is 36.8 Å². The van der Waals surface area contributed by atoms with Gasteiger partial charge >= 0.3 is 0 Å². The summed E-state index contributed by atoms with van der Waals surface area (Å²) in [7, 11) is 0. The summed E-state index contributed by atoms with van der Waals surface area (Å²) in [5.41, 5.74) is 0.581. The molecule has 98 valence electrons. The lowest BCUT2D eigenvalue weighted by atomic mass is 10.0. The molecule has 0 spiro atoms. The third-order valence-electron chi connectivity index (χ3n) is 2.68. The monoisotopic (exact) mass is 388 g/mol. The fourth-order valence-electron chi connectivity index (χ4n) is 1.67. The van der Waals surface area contributed by atoms with Crippen molar-refractivity contribution in [1.29, 1.82) is 0 Å². The molecular formula is C14H8Br2F2O. The van der Waals surface area contributed by atoms with E-state index in [-0.39, 0.29) is 5.56 Å². The normalized spacial score (nSPS) is 10.6. The first-order valence-electron chi connectivity index (χ1n) is 5.36. The summed E-state index contributed by atoms with van der Waals surface area (Å²) in [6, 6.07) is 6.62. The van der Waals surface area contributed by atoms with Crippen molar-refractivity contribution in [2.75, 3.05) is 0 Å². The lowest BCUT2D eigenvalue weighted by Crippen LogP contribution is -2.08. The van der Waals surface area contributed by atoms with Gasteiger partial charge in [0.05, 0.1) is 5.56 Å². The molecule has 0 radical (unpaired) electrons. The zero-order valence-corrected chi connectivity index (χ0v) is 13.0. The quantitative estimate of drug-likeness (QED) is 0.658. The van der Waals surface area contributed by atoms with Crippen LogP contribution in [0.1, 0.15) is 21.5 Å². The minimum absolute atomic E-state index is 0.210. The molecule has 2 aromatic carbocycles. The summed E-state index contributed by atoms with van der Waals surface area (Å²) < 4.78 is 28.4. The zero-order valence-electron chi connectivity index (χ0n) is 9.81. The van der Waals surface area contributed by atoms with Gasteiger partial charge in [0.1, 0.15) is 11.6 Å². The van der Waals surface area contributed by atoms with Crippen LogP contribution in [-0.2, 0) is 0 Å². The number of ketones is 1. The van der Waals surface area contributed by atoms with E-state index in [1.54, 1.807) is 12.1 Å². The van der Waals surface area contributed by atoms with Crippen molar-refractivity contribution in [3.05, 3.63) is 67.6 Å². The Hall–Kier alpha value is -1.07. The molecule has 19 heavy (non-hydrogen) atoms. The van der Waals surface area contributed by atoms with Crippen LogP contribution in [0, 0.1) is 18.6 Å². The zero-order chi connectivity index (χ0) is 14.2. The van der Waals surface area contributed by atoms with Gasteiger partial charge in [0.25, 0.3) is 0 Å². The van der Waals surface area contributed by atoms with Gasteiger partial charge in [-0.2, -0.15) is 0 Å². The van der Waals surface area contributed by atoms with E-state index in [2.05, 4.69) is 31.9 Å². The van der Waals surface area contributed by atoms with Crippen LogP contribution in [-0.4, -0.2) is 5.78 Å². The van der Waals surface area contributed by atoms with Gasteiger partial charge in [0.15, 0.2) is 5.78 Å². The lowest BCUT2D eigenvalue weighted by Gasteiger charge is -2.08. The van der Waals surface area contributed by atoms with Gasteiger partial charge in [-0.25, -0.2) is 8.78 Å². The molecule has 2 rings (SSSR count). The van der Waals surface area contributed by atoms with Crippen LogP contribution in [0.2, 0.25) is 0 Å². The SMILES string of the molecule is Cc1cc(Br)c(C(=O)c2c(F)cccc2F)cc1Br. The van der Waals surface area contributed by atoms with Crippen LogP contribution >= 0.6 is 31.9 Å². The minimum atomic E-state index is -0.867. The molecule has 1 nitrogen and oxygen atoms in total. The Kier molecular flexibility index (Phi) is 4.16. The first kappa shape index (κ1) is 14.3. The van der Waals surface area contributed by atoms with Crippen LogP contribution in [0.4, 0.5) is 8.78 Å². The minimum Gasteiger partial charge on any atom is -0.288 e. The molecule has 0 aromatic heterocycles. The van der Waals surface area contributed by atoms with Crippen molar-refractivity contribution in [3.63, 3.8) is 0 Å². The molecule has 0 aliphatic carbocycles. The fourth-order valence-corrected chi connectivity index (χ4v) is 2.65. The maximum atomic E-state index is 13.6. The largest absolute Gasteiger partial charge is 0.288 e. The molecule has 0 unspecified atom stereocenters. The molecule has 0 heterocycles. The summed E-state index contributed by atoms with van der Waals surface area (Å²) in [6.07, 6.45) is 0. The molecular weight excluding hydrogens is 382 g/mol. The summed E-state index contributed by atoms with van der Waals surface area (Å²) in [6.45, 7) is 1.85. The maximum Gasteiger partial charge on any atom is 0.200 e. The highest BCUT2D eigenvalue weighted by molar-refractivity contribution is 9.11. The number of hydrogen-bond donors (Lipinski definition) is 0. The Morgan fingerprint density at radius 3 is 2.21 bits per heavy atom. The van der Waals surface area contributed by atoms with E-state index in [0.29, 0.717) is 8.95 Å². The van der Waals surface area contributed by atoms with Crippen LogP contribution in [0.15, 0.2) is 39.3 Å². The Morgan fingerprint density at radius 1 is 1.05 bits per heavy atom. The average Bonchev–Trinajstić information content (AvgIpc) is 2.33. The second-order valence-electron chi connectivity index (χ2n) is 4.01. The van der Waals surface area contributed by atoms with E-state index in [1.165, 1.54) is 6.07 Å². The Labute approximate surface area is 125 Å². The van der Waals surface area contributed by atoms with Crippen LogP contribution in [0.3, 0.4) is 0 Å². The van der Waals surface area contributed by atoms with Gasteiger partial charge in [-0.15, -0.1) is 0 Å². The van der Waals surface area contributed by atoms with Crippen molar-refractivity contribution < 1.29 is 13.6 Å². The third kappa shape index (κ3) is 2.77. The molecule has 0 bridgehead atoms.